The van der Waals surface area contributed by atoms with Crippen molar-refractivity contribution in [2.24, 2.45) is 10.2 Å². The summed E-state index contributed by atoms with van der Waals surface area (Å²) in [6.45, 7) is 6.12. The molecule has 7 nitrogen and oxygen atoms in total. The first-order valence-corrected chi connectivity index (χ1v) is 8.56. The Hall–Kier alpha value is -2.35. The highest BCUT2D eigenvalue weighted by Gasteiger charge is 2.32. The van der Waals surface area contributed by atoms with E-state index in [2.05, 4.69) is 34.3 Å². The minimum Gasteiger partial charge on any atom is -0.481 e. The maximum absolute atomic E-state index is 11.6. The van der Waals surface area contributed by atoms with Gasteiger partial charge in [0.15, 0.2) is 5.17 Å². The maximum atomic E-state index is 11.6. The Morgan fingerprint density at radius 3 is 2.58 bits per heavy atom. The number of nitrogens with one attached hydrogen (secondary N) is 1. The number of carbonyl (C=O) groups is 2. The van der Waals surface area contributed by atoms with Crippen molar-refractivity contribution in [1.82, 2.24) is 5.32 Å². The molecule has 1 heterocycles. The first-order valence-electron chi connectivity index (χ1n) is 7.68. The standard InChI is InChI=1S/C16H20N4O3S/c1-3-20(4-2)12-7-5-11(6-8-12)10-17-19-16-18-15(23)13(24-16)9-14(21)22/h5-8,10,13H,3-4,9H2,1-2H3,(H,21,22)(H,18,19,23)/b17-10-/t13-/m0/s1. The van der Waals surface area contributed by atoms with Gasteiger partial charge in [-0.15, -0.1) is 5.10 Å². The third-order valence-electron chi connectivity index (χ3n) is 3.51. The number of aliphatic carboxylic acids is 1. The number of carboxylic acid groups (broad SMARTS) is 1. The van der Waals surface area contributed by atoms with E-state index in [4.69, 9.17) is 5.11 Å². The Kier molecular flexibility index (Phi) is 6.36. The average molecular weight is 348 g/mol. The van der Waals surface area contributed by atoms with Crippen molar-refractivity contribution >= 4 is 40.7 Å². The van der Waals surface area contributed by atoms with Gasteiger partial charge < -0.3 is 15.3 Å². The largest absolute Gasteiger partial charge is 0.481 e. The molecule has 1 aromatic carbocycles. The van der Waals surface area contributed by atoms with Gasteiger partial charge in [-0.1, -0.05) is 23.9 Å². The zero-order valence-electron chi connectivity index (χ0n) is 13.6. The molecule has 1 fully saturated rings. The molecule has 128 valence electrons. The van der Waals surface area contributed by atoms with Crippen LogP contribution in [0, 0.1) is 0 Å². The summed E-state index contributed by atoms with van der Waals surface area (Å²) in [6.07, 6.45) is 1.36. The SMILES string of the molecule is CCN(CC)c1ccc(/C=N\N=C2/NC(=O)[C@H](CC(=O)O)S2)cc1. The number of hydrogen-bond acceptors (Lipinski definition) is 6. The number of carbonyl (C=O) groups excluding carboxylic acids is 1. The summed E-state index contributed by atoms with van der Waals surface area (Å²) in [5, 5.41) is 18.8. The second kappa shape index (κ2) is 8.49. The third kappa shape index (κ3) is 4.82. The van der Waals surface area contributed by atoms with E-state index in [9.17, 15) is 9.59 Å². The molecule has 24 heavy (non-hydrogen) atoms. The van der Waals surface area contributed by atoms with Crippen LogP contribution in [0.3, 0.4) is 0 Å². The van der Waals surface area contributed by atoms with Gasteiger partial charge in [0.1, 0.15) is 5.25 Å². The van der Waals surface area contributed by atoms with Crippen LogP contribution < -0.4 is 10.2 Å². The molecule has 2 rings (SSSR count). The monoisotopic (exact) mass is 348 g/mol. The molecule has 0 saturated carbocycles. The zero-order chi connectivity index (χ0) is 17.5. The van der Waals surface area contributed by atoms with E-state index in [0.29, 0.717) is 5.17 Å². The number of thioether (sulfide) groups is 1. The van der Waals surface area contributed by atoms with Crippen LogP contribution in [0.5, 0.6) is 0 Å². The van der Waals surface area contributed by atoms with Gasteiger partial charge in [0, 0.05) is 18.8 Å². The lowest BCUT2D eigenvalue weighted by molar-refractivity contribution is -0.138. The fraction of sp³-hybridized carbons (Fsp3) is 0.375. The predicted octanol–water partition coefficient (Wildman–Crippen LogP) is 1.93. The predicted molar refractivity (Wildman–Crippen MR) is 96.8 cm³/mol. The molecule has 0 aromatic heterocycles. The number of anilines is 1. The number of hydrogen-bond donors (Lipinski definition) is 2. The molecule has 0 bridgehead atoms. The fourth-order valence-corrected chi connectivity index (χ4v) is 3.17. The lowest BCUT2D eigenvalue weighted by atomic mass is 10.2. The van der Waals surface area contributed by atoms with Crippen LogP contribution >= 0.6 is 11.8 Å². The van der Waals surface area contributed by atoms with E-state index in [1.54, 1.807) is 6.21 Å². The highest BCUT2D eigenvalue weighted by Crippen LogP contribution is 2.22. The smallest absolute Gasteiger partial charge is 0.305 e. The molecule has 8 heteroatoms. The van der Waals surface area contributed by atoms with E-state index < -0.39 is 11.2 Å². The topological polar surface area (TPSA) is 94.4 Å². The van der Waals surface area contributed by atoms with Crippen LogP contribution in [-0.4, -0.2) is 46.7 Å². The fourth-order valence-electron chi connectivity index (χ4n) is 2.25. The van der Waals surface area contributed by atoms with Gasteiger partial charge in [-0.05, 0) is 31.5 Å². The summed E-state index contributed by atoms with van der Waals surface area (Å²) in [5.74, 6) is -1.36. The number of carboxylic acids is 1. The van der Waals surface area contributed by atoms with Crippen LogP contribution in [0.4, 0.5) is 5.69 Å². The van der Waals surface area contributed by atoms with Crippen molar-refractivity contribution in [3.63, 3.8) is 0 Å². The van der Waals surface area contributed by atoms with E-state index in [1.165, 1.54) is 0 Å². The van der Waals surface area contributed by atoms with Gasteiger partial charge in [-0.3, -0.25) is 9.59 Å². The summed E-state index contributed by atoms with van der Waals surface area (Å²) in [4.78, 5) is 24.5. The van der Waals surface area contributed by atoms with Gasteiger partial charge in [-0.25, -0.2) is 0 Å². The molecule has 1 aliphatic heterocycles. The lowest BCUT2D eigenvalue weighted by Crippen LogP contribution is -2.26. The van der Waals surface area contributed by atoms with Gasteiger partial charge in [-0.2, -0.15) is 5.10 Å². The molecule has 1 atom stereocenters. The Balaban J connectivity index is 1.96. The number of rotatable bonds is 7. The Bertz CT molecular complexity index is 654. The second-order valence-electron chi connectivity index (χ2n) is 5.11. The van der Waals surface area contributed by atoms with Crippen molar-refractivity contribution in [2.75, 3.05) is 18.0 Å². The second-order valence-corrected chi connectivity index (χ2v) is 6.30. The third-order valence-corrected chi connectivity index (χ3v) is 4.59. The van der Waals surface area contributed by atoms with Gasteiger partial charge >= 0.3 is 5.97 Å². The summed E-state index contributed by atoms with van der Waals surface area (Å²) in [6, 6.07) is 7.95. The van der Waals surface area contributed by atoms with Crippen molar-refractivity contribution in [1.29, 1.82) is 0 Å². The Morgan fingerprint density at radius 1 is 1.33 bits per heavy atom. The molecule has 1 aliphatic rings. The number of nitrogens with zero attached hydrogens (tertiary/aromatic N) is 3. The first kappa shape index (κ1) is 18.0. The summed E-state index contributed by atoms with van der Waals surface area (Å²) in [5.41, 5.74) is 2.05. The molecule has 0 spiro atoms. The molecular weight excluding hydrogens is 328 g/mol. The molecule has 0 aliphatic carbocycles. The Morgan fingerprint density at radius 2 is 2.00 bits per heavy atom. The number of amidine groups is 1. The quantitative estimate of drug-likeness (QED) is 0.580. The highest BCUT2D eigenvalue weighted by atomic mass is 32.2. The zero-order valence-corrected chi connectivity index (χ0v) is 14.4. The molecule has 1 saturated heterocycles. The molecule has 2 N–H and O–H groups in total. The molecule has 0 unspecified atom stereocenters. The summed E-state index contributed by atoms with van der Waals surface area (Å²) in [7, 11) is 0. The first-order chi connectivity index (χ1) is 11.5. The van der Waals surface area contributed by atoms with Gasteiger partial charge in [0.05, 0.1) is 12.6 Å². The van der Waals surface area contributed by atoms with Crippen LogP contribution in [-0.2, 0) is 9.59 Å². The van der Waals surface area contributed by atoms with E-state index in [0.717, 1.165) is 36.1 Å². The molecule has 1 aromatic rings. The highest BCUT2D eigenvalue weighted by molar-refractivity contribution is 8.15. The minimum atomic E-state index is -1.01. The van der Waals surface area contributed by atoms with Gasteiger partial charge in [0.2, 0.25) is 5.91 Å². The maximum Gasteiger partial charge on any atom is 0.305 e. The van der Waals surface area contributed by atoms with Crippen molar-refractivity contribution in [3.05, 3.63) is 29.8 Å². The van der Waals surface area contributed by atoms with Crippen LogP contribution in [0.25, 0.3) is 0 Å². The average Bonchev–Trinajstić information content (AvgIpc) is 2.89. The van der Waals surface area contributed by atoms with Crippen LogP contribution in [0.2, 0.25) is 0 Å². The molecular formula is C16H20N4O3S. The van der Waals surface area contributed by atoms with Gasteiger partial charge in [0.25, 0.3) is 0 Å². The normalized spacial score (nSPS) is 19.0. The van der Waals surface area contributed by atoms with E-state index in [1.807, 2.05) is 24.3 Å². The van der Waals surface area contributed by atoms with Crippen molar-refractivity contribution < 1.29 is 14.7 Å². The molecule has 1 amide bonds. The summed E-state index contributed by atoms with van der Waals surface area (Å²) >= 11 is 1.08. The van der Waals surface area contributed by atoms with Crippen LogP contribution in [0.1, 0.15) is 25.8 Å². The van der Waals surface area contributed by atoms with E-state index in [-0.39, 0.29) is 12.3 Å². The molecule has 0 radical (unpaired) electrons. The van der Waals surface area contributed by atoms with Crippen molar-refractivity contribution in [2.45, 2.75) is 25.5 Å². The van der Waals surface area contributed by atoms with Crippen molar-refractivity contribution in [3.8, 4) is 0 Å². The number of benzene rings is 1. The summed E-state index contributed by atoms with van der Waals surface area (Å²) < 4.78 is 0. The van der Waals surface area contributed by atoms with E-state index >= 15 is 0 Å². The number of amides is 1. The minimum absolute atomic E-state index is 0.230. The van der Waals surface area contributed by atoms with Crippen LogP contribution in [0.15, 0.2) is 34.5 Å². The Labute approximate surface area is 144 Å². The lowest BCUT2D eigenvalue weighted by Gasteiger charge is -2.20.